The molecule has 0 heterocycles. The second kappa shape index (κ2) is 4.48. The molecule has 1 atom stereocenters. The normalized spacial score (nSPS) is 22.7. The van der Waals surface area contributed by atoms with E-state index in [0.29, 0.717) is 21.9 Å². The number of nitrogens with two attached hydrogens (primary N) is 1. The number of nitrogens with one attached hydrogen (secondary N) is 1. The number of hydrogen-bond donors (Lipinski definition) is 2. The molecule has 0 radical (unpaired) electrons. The number of rotatable bonds is 2. The number of hydrogen-bond acceptors (Lipinski definition) is 2. The van der Waals surface area contributed by atoms with Crippen LogP contribution < -0.4 is 11.1 Å². The van der Waals surface area contributed by atoms with Gasteiger partial charge in [-0.1, -0.05) is 20.3 Å². The molecule has 1 aromatic rings. The van der Waals surface area contributed by atoms with Crippen molar-refractivity contribution < 1.29 is 4.39 Å². The summed E-state index contributed by atoms with van der Waals surface area (Å²) in [5, 5.41) is 3.38. The van der Waals surface area contributed by atoms with Gasteiger partial charge in [0.1, 0.15) is 5.82 Å². The molecule has 1 saturated carbocycles. The molecular formula is C13H18BrFN2. The summed E-state index contributed by atoms with van der Waals surface area (Å²) >= 11 is 3.13. The molecule has 17 heavy (non-hydrogen) atoms. The zero-order chi connectivity index (χ0) is 12.6. The number of halogens is 2. The van der Waals surface area contributed by atoms with Crippen LogP contribution in [0.25, 0.3) is 0 Å². The molecule has 0 bridgehead atoms. The average Bonchev–Trinajstić information content (AvgIpc) is 2.55. The highest BCUT2D eigenvalue weighted by Crippen LogP contribution is 2.40. The van der Waals surface area contributed by atoms with E-state index in [0.717, 1.165) is 6.42 Å². The Balaban J connectivity index is 2.22. The quantitative estimate of drug-likeness (QED) is 0.805. The Labute approximate surface area is 110 Å². The maximum absolute atomic E-state index is 13.5. The lowest BCUT2D eigenvalue weighted by Gasteiger charge is -2.29. The van der Waals surface area contributed by atoms with Gasteiger partial charge in [0.15, 0.2) is 0 Å². The van der Waals surface area contributed by atoms with E-state index >= 15 is 0 Å². The standard InChI is InChI=1S/C13H18BrFN2/c1-13(2)5-3-4-12(13)17-11-7-9(15)8(14)6-10(11)16/h6-7,12,17H,3-5,16H2,1-2H3. The van der Waals surface area contributed by atoms with Gasteiger partial charge in [-0.25, -0.2) is 4.39 Å². The molecular weight excluding hydrogens is 283 g/mol. The van der Waals surface area contributed by atoms with Gasteiger partial charge in [-0.15, -0.1) is 0 Å². The summed E-state index contributed by atoms with van der Waals surface area (Å²) in [4.78, 5) is 0. The number of anilines is 2. The third-order valence-electron chi connectivity index (χ3n) is 3.68. The predicted molar refractivity (Wildman–Crippen MR) is 73.6 cm³/mol. The van der Waals surface area contributed by atoms with Crippen LogP contribution in [0.15, 0.2) is 16.6 Å². The predicted octanol–water partition coefficient (Wildman–Crippen LogP) is 4.16. The third kappa shape index (κ3) is 2.57. The lowest BCUT2D eigenvalue weighted by molar-refractivity contribution is 0.350. The fraction of sp³-hybridized carbons (Fsp3) is 0.538. The van der Waals surface area contributed by atoms with Crippen molar-refractivity contribution in [2.24, 2.45) is 5.41 Å². The van der Waals surface area contributed by atoms with Gasteiger partial charge >= 0.3 is 0 Å². The van der Waals surface area contributed by atoms with Gasteiger partial charge in [0.2, 0.25) is 0 Å². The Morgan fingerprint density at radius 3 is 2.76 bits per heavy atom. The second-order valence-electron chi connectivity index (χ2n) is 5.43. The third-order valence-corrected chi connectivity index (χ3v) is 4.29. The van der Waals surface area contributed by atoms with Crippen molar-refractivity contribution >= 4 is 27.3 Å². The van der Waals surface area contributed by atoms with Crippen molar-refractivity contribution in [1.82, 2.24) is 0 Å². The highest BCUT2D eigenvalue weighted by molar-refractivity contribution is 9.10. The summed E-state index contributed by atoms with van der Waals surface area (Å²) in [6, 6.07) is 3.44. The molecule has 0 saturated heterocycles. The van der Waals surface area contributed by atoms with Crippen LogP contribution in [0.5, 0.6) is 0 Å². The van der Waals surface area contributed by atoms with Gasteiger partial charge in [0.05, 0.1) is 15.8 Å². The molecule has 0 aromatic heterocycles. The van der Waals surface area contributed by atoms with E-state index in [1.54, 1.807) is 6.07 Å². The molecule has 0 spiro atoms. The highest BCUT2D eigenvalue weighted by Gasteiger charge is 2.34. The topological polar surface area (TPSA) is 38.0 Å². The lowest BCUT2D eigenvalue weighted by Crippen LogP contribution is -2.31. The van der Waals surface area contributed by atoms with E-state index in [-0.39, 0.29) is 11.2 Å². The minimum absolute atomic E-state index is 0.246. The smallest absolute Gasteiger partial charge is 0.139 e. The summed E-state index contributed by atoms with van der Waals surface area (Å²) in [5.41, 5.74) is 7.43. The fourth-order valence-electron chi connectivity index (χ4n) is 2.47. The van der Waals surface area contributed by atoms with Gasteiger partial charge in [-0.2, -0.15) is 0 Å². The highest BCUT2D eigenvalue weighted by atomic mass is 79.9. The first-order valence-electron chi connectivity index (χ1n) is 5.91. The number of benzene rings is 1. The zero-order valence-electron chi connectivity index (χ0n) is 10.2. The lowest BCUT2D eigenvalue weighted by atomic mass is 9.87. The van der Waals surface area contributed by atoms with Crippen LogP contribution in [-0.4, -0.2) is 6.04 Å². The van der Waals surface area contributed by atoms with Gasteiger partial charge in [0, 0.05) is 12.1 Å². The Morgan fingerprint density at radius 1 is 1.47 bits per heavy atom. The molecule has 1 fully saturated rings. The summed E-state index contributed by atoms with van der Waals surface area (Å²) in [5.74, 6) is -0.280. The first-order chi connectivity index (χ1) is 7.90. The first kappa shape index (κ1) is 12.7. The van der Waals surface area contributed by atoms with Crippen LogP contribution >= 0.6 is 15.9 Å². The molecule has 2 nitrogen and oxygen atoms in total. The van der Waals surface area contributed by atoms with Crippen LogP contribution in [-0.2, 0) is 0 Å². The van der Waals surface area contributed by atoms with Crippen LogP contribution in [0.4, 0.5) is 15.8 Å². The largest absolute Gasteiger partial charge is 0.397 e. The van der Waals surface area contributed by atoms with Gasteiger partial charge < -0.3 is 11.1 Å². The van der Waals surface area contributed by atoms with Crippen molar-refractivity contribution in [3.8, 4) is 0 Å². The molecule has 1 aliphatic carbocycles. The molecule has 94 valence electrons. The van der Waals surface area contributed by atoms with Crippen LogP contribution in [0.3, 0.4) is 0 Å². The molecule has 2 rings (SSSR count). The second-order valence-corrected chi connectivity index (χ2v) is 6.29. The van der Waals surface area contributed by atoms with Crippen LogP contribution in [0, 0.1) is 11.2 Å². The Kier molecular flexibility index (Phi) is 3.34. The van der Waals surface area contributed by atoms with Crippen molar-refractivity contribution in [2.75, 3.05) is 11.1 Å². The zero-order valence-corrected chi connectivity index (χ0v) is 11.8. The monoisotopic (exact) mass is 300 g/mol. The average molecular weight is 301 g/mol. The molecule has 0 amide bonds. The maximum Gasteiger partial charge on any atom is 0.139 e. The summed E-state index contributed by atoms with van der Waals surface area (Å²) in [6.07, 6.45) is 3.53. The van der Waals surface area contributed by atoms with Crippen molar-refractivity contribution in [3.63, 3.8) is 0 Å². The Morgan fingerprint density at radius 2 is 2.18 bits per heavy atom. The van der Waals surface area contributed by atoms with Crippen molar-refractivity contribution in [3.05, 3.63) is 22.4 Å². The van der Waals surface area contributed by atoms with Gasteiger partial charge in [-0.05, 0) is 40.3 Å². The minimum atomic E-state index is -0.280. The minimum Gasteiger partial charge on any atom is -0.397 e. The Hall–Kier alpha value is -0.770. The summed E-state index contributed by atoms with van der Waals surface area (Å²) in [6.45, 7) is 4.48. The molecule has 0 aliphatic heterocycles. The van der Waals surface area contributed by atoms with E-state index in [4.69, 9.17) is 5.73 Å². The Bertz CT molecular complexity index is 432. The van der Waals surface area contributed by atoms with E-state index < -0.39 is 0 Å². The van der Waals surface area contributed by atoms with Crippen molar-refractivity contribution in [1.29, 1.82) is 0 Å². The van der Waals surface area contributed by atoms with E-state index in [1.807, 2.05) is 0 Å². The van der Waals surface area contributed by atoms with Crippen LogP contribution in [0.2, 0.25) is 0 Å². The van der Waals surface area contributed by atoms with Crippen LogP contribution in [0.1, 0.15) is 33.1 Å². The molecule has 3 N–H and O–H groups in total. The van der Waals surface area contributed by atoms with E-state index in [9.17, 15) is 4.39 Å². The van der Waals surface area contributed by atoms with Gasteiger partial charge in [0.25, 0.3) is 0 Å². The number of nitrogen functional groups attached to an aromatic ring is 1. The molecule has 1 aliphatic rings. The summed E-state index contributed by atoms with van der Waals surface area (Å²) < 4.78 is 13.9. The fourth-order valence-corrected chi connectivity index (χ4v) is 2.83. The maximum atomic E-state index is 13.5. The molecule has 1 aromatic carbocycles. The molecule has 4 heteroatoms. The van der Waals surface area contributed by atoms with E-state index in [2.05, 4.69) is 35.1 Å². The first-order valence-corrected chi connectivity index (χ1v) is 6.70. The molecule has 1 unspecified atom stereocenters. The van der Waals surface area contributed by atoms with Crippen molar-refractivity contribution in [2.45, 2.75) is 39.2 Å². The van der Waals surface area contributed by atoms with Gasteiger partial charge in [-0.3, -0.25) is 0 Å². The SMILES string of the molecule is CC1(C)CCCC1Nc1cc(F)c(Br)cc1N. The van der Waals surface area contributed by atoms with E-state index in [1.165, 1.54) is 18.9 Å². The summed E-state index contributed by atoms with van der Waals surface area (Å²) in [7, 11) is 0.